The van der Waals surface area contributed by atoms with Crippen molar-refractivity contribution in [3.63, 3.8) is 0 Å². The number of aliphatic hydroxyl groups is 1. The van der Waals surface area contributed by atoms with Gasteiger partial charge in [0, 0.05) is 33.4 Å². The molecule has 2 aromatic heterocycles. The Kier molecular flexibility index (Phi) is 8.79. The zero-order chi connectivity index (χ0) is 42.3. The van der Waals surface area contributed by atoms with Crippen LogP contribution in [0.25, 0.3) is 44.2 Å². The third-order valence-corrected chi connectivity index (χ3v) is 15.3. The van der Waals surface area contributed by atoms with E-state index in [4.69, 9.17) is 19.4 Å². The maximum atomic E-state index is 13.9. The predicted molar refractivity (Wildman–Crippen MR) is 234 cm³/mol. The van der Waals surface area contributed by atoms with E-state index < -0.39 is 17.3 Å². The molecule has 0 radical (unpaired) electrons. The summed E-state index contributed by atoms with van der Waals surface area (Å²) in [5.41, 5.74) is 5.69. The molecule has 3 aromatic carbocycles. The van der Waals surface area contributed by atoms with Crippen molar-refractivity contribution >= 4 is 51.8 Å². The largest absolute Gasteiger partial charge is 0.480 e. The minimum Gasteiger partial charge on any atom is -0.480 e. The Morgan fingerprint density at radius 2 is 1.13 bits per heavy atom. The Labute approximate surface area is 365 Å². The van der Waals surface area contributed by atoms with E-state index in [1.165, 1.54) is 22.7 Å². The van der Waals surface area contributed by atoms with Crippen LogP contribution in [0.1, 0.15) is 119 Å². The van der Waals surface area contributed by atoms with Gasteiger partial charge in [0.15, 0.2) is 17.0 Å². The van der Waals surface area contributed by atoms with E-state index in [1.807, 2.05) is 54.6 Å². The second kappa shape index (κ2) is 14.3. The van der Waals surface area contributed by atoms with Gasteiger partial charge in [-0.3, -0.25) is 4.79 Å². The Hall–Kier alpha value is -6.93. The SMILES string of the molecule is N#CC(C#N)=C1/C(=C/c2nc3c(s2)-c2cc4c(cc2OC32CCCCC2)-c2sc(/C=C3/C(=C(C#N)C#N)c5ccccc5C3O)nc2C2(CCCCC2)O4)C(=O)c2ccccc21. The number of aliphatic hydroxyl groups excluding tert-OH is 1. The molecule has 0 bridgehead atoms. The van der Waals surface area contributed by atoms with Crippen molar-refractivity contribution in [1.29, 1.82) is 21.0 Å². The number of Topliss-reactive ketones (excluding diaryl/α,β-unsaturated/α-hetero) is 1. The summed E-state index contributed by atoms with van der Waals surface area (Å²) in [6.45, 7) is 0. The van der Waals surface area contributed by atoms with Crippen molar-refractivity contribution < 1.29 is 19.4 Å². The quantitative estimate of drug-likeness (QED) is 0.133. The Morgan fingerprint density at radius 1 is 0.645 bits per heavy atom. The van der Waals surface area contributed by atoms with Crippen molar-refractivity contribution in [2.75, 3.05) is 0 Å². The van der Waals surface area contributed by atoms with Gasteiger partial charge >= 0.3 is 0 Å². The van der Waals surface area contributed by atoms with Crippen LogP contribution in [-0.4, -0.2) is 20.9 Å². The van der Waals surface area contributed by atoms with Crippen molar-refractivity contribution in [1.82, 2.24) is 9.97 Å². The highest BCUT2D eigenvalue weighted by molar-refractivity contribution is 7.16. The van der Waals surface area contributed by atoms with Crippen molar-refractivity contribution in [3.8, 4) is 56.7 Å². The van der Waals surface area contributed by atoms with E-state index in [1.54, 1.807) is 30.3 Å². The number of carbonyl (C=O) groups is 1. The maximum Gasteiger partial charge on any atom is 0.194 e. The molecule has 6 aliphatic rings. The van der Waals surface area contributed by atoms with Crippen molar-refractivity contribution in [2.24, 2.45) is 0 Å². The third-order valence-electron chi connectivity index (χ3n) is 13.2. The lowest BCUT2D eigenvalue weighted by atomic mass is 9.78. The summed E-state index contributed by atoms with van der Waals surface area (Å²) in [7, 11) is 0. The summed E-state index contributed by atoms with van der Waals surface area (Å²) in [5, 5.41) is 52.7. The van der Waals surface area contributed by atoms with Gasteiger partial charge in [0.25, 0.3) is 0 Å². The maximum absolute atomic E-state index is 13.9. The first-order chi connectivity index (χ1) is 30.3. The molecule has 4 heterocycles. The molecular weight excluding hydrogens is 813 g/mol. The molecule has 2 spiro atoms. The Bertz CT molecular complexity index is 3110. The van der Waals surface area contributed by atoms with Crippen molar-refractivity contribution in [2.45, 2.75) is 81.5 Å². The van der Waals surface area contributed by atoms with Crippen LogP contribution in [0.4, 0.5) is 0 Å². The molecule has 0 amide bonds. The van der Waals surface area contributed by atoms with Gasteiger partial charge in [-0.15, -0.1) is 22.7 Å². The third kappa shape index (κ3) is 5.55. The molecule has 5 aromatic rings. The van der Waals surface area contributed by atoms with E-state index in [0.717, 1.165) is 96.5 Å². The van der Waals surface area contributed by atoms with Gasteiger partial charge in [-0.2, -0.15) is 21.0 Å². The molecule has 10 nitrogen and oxygen atoms in total. The van der Waals surface area contributed by atoms with E-state index in [0.29, 0.717) is 60.5 Å². The van der Waals surface area contributed by atoms with Gasteiger partial charge in [-0.25, -0.2) is 9.97 Å². The van der Waals surface area contributed by atoms with Crippen LogP contribution < -0.4 is 9.47 Å². The minimum atomic E-state index is -1.03. The van der Waals surface area contributed by atoms with Crippen LogP contribution in [0, 0.1) is 45.3 Å². The van der Waals surface area contributed by atoms with Crippen LogP contribution in [0.5, 0.6) is 11.5 Å². The molecule has 1 N–H and O–H groups in total. The minimum absolute atomic E-state index is 0.0628. The fourth-order valence-electron chi connectivity index (χ4n) is 10.4. The number of allylic oxidation sites excluding steroid dienone is 4. The van der Waals surface area contributed by atoms with E-state index in [-0.39, 0.29) is 22.5 Å². The number of fused-ring (bicyclic) bond motifs is 10. The number of carbonyl (C=O) groups excluding carboxylic acids is 1. The van der Waals surface area contributed by atoms with Gasteiger partial charge in [0.1, 0.15) is 74.4 Å². The summed E-state index contributed by atoms with van der Waals surface area (Å²) in [5.74, 6) is 1.18. The van der Waals surface area contributed by atoms with E-state index in [9.17, 15) is 30.9 Å². The average molecular weight is 847 g/mol. The van der Waals surface area contributed by atoms with Gasteiger partial charge in [0.05, 0.1) is 9.75 Å². The second-order valence-corrected chi connectivity index (χ2v) is 18.6. The van der Waals surface area contributed by atoms with Crippen LogP contribution in [0.15, 0.2) is 83.0 Å². The molecule has 2 saturated carbocycles. The summed E-state index contributed by atoms with van der Waals surface area (Å²) >= 11 is 2.98. The van der Waals surface area contributed by atoms with E-state index in [2.05, 4.69) is 12.1 Å². The zero-order valence-electron chi connectivity index (χ0n) is 33.2. The molecule has 0 saturated heterocycles. The number of hydrogen-bond donors (Lipinski definition) is 1. The highest BCUT2D eigenvalue weighted by atomic mass is 32.1. The topological polar surface area (TPSA) is 177 Å². The number of nitriles is 4. The lowest BCUT2D eigenvalue weighted by Crippen LogP contribution is -2.39. The number of benzene rings is 3. The first kappa shape index (κ1) is 38.0. The number of hydrogen-bond acceptors (Lipinski definition) is 12. The molecular formula is C50H34N6O4S2. The molecule has 12 heteroatoms. The van der Waals surface area contributed by atoms with Crippen molar-refractivity contribution in [3.05, 3.63) is 127 Å². The smallest absolute Gasteiger partial charge is 0.194 e. The van der Waals surface area contributed by atoms with Crippen LogP contribution >= 0.6 is 22.7 Å². The zero-order valence-corrected chi connectivity index (χ0v) is 34.9. The first-order valence-electron chi connectivity index (χ1n) is 20.8. The number of aromatic nitrogens is 2. The second-order valence-electron chi connectivity index (χ2n) is 16.6. The normalized spacial score (nSPS) is 20.7. The molecule has 1 atom stereocenters. The van der Waals surface area contributed by atoms with Gasteiger partial charge in [0.2, 0.25) is 0 Å². The fraction of sp³-hybridized carbons (Fsp3) is 0.260. The fourth-order valence-corrected chi connectivity index (χ4v) is 12.6. The number of nitrogens with zero attached hydrogens (tertiary/aromatic N) is 6. The molecule has 1 unspecified atom stereocenters. The molecule has 4 aliphatic carbocycles. The standard InChI is InChI=1S/C50H34N6O4S2/c51-23-27(24-52)41-29-11-3-5-13-31(29)43(57)35(41)21-39-55-47-45(61-39)33-20-38-34(19-37(33)59-49(47)15-7-1-8-16-49)46-48(50(60-38)17-9-2-10-18-50)56-40(62-46)22-36-42(28(25-53)26-54)30-12-4-6-14-32(30)44(36)58/h3-6,11-14,19-22,43,57H,1-2,7-10,15-18H2/b35-21-,36-22-. The van der Waals surface area contributed by atoms with Crippen LogP contribution in [0.2, 0.25) is 0 Å². The molecule has 300 valence electrons. The summed E-state index contributed by atoms with van der Waals surface area (Å²) < 4.78 is 14.3. The van der Waals surface area contributed by atoms with Crippen LogP contribution in [0.3, 0.4) is 0 Å². The lowest BCUT2D eigenvalue weighted by Gasteiger charge is -2.43. The number of thiazole rings is 2. The first-order valence-corrected chi connectivity index (χ1v) is 22.5. The summed E-state index contributed by atoms with van der Waals surface area (Å²) in [6.07, 6.45) is 11.7. The highest BCUT2D eigenvalue weighted by Crippen LogP contribution is 2.60. The average Bonchev–Trinajstić information content (AvgIpc) is 4.07. The molecule has 62 heavy (non-hydrogen) atoms. The Balaban J connectivity index is 1.07. The highest BCUT2D eigenvalue weighted by Gasteiger charge is 2.49. The molecule has 11 rings (SSSR count). The van der Waals surface area contributed by atoms with E-state index >= 15 is 0 Å². The predicted octanol–water partition coefficient (Wildman–Crippen LogP) is 11.0. The summed E-state index contributed by atoms with van der Waals surface area (Å²) in [4.78, 5) is 26.3. The van der Waals surface area contributed by atoms with Crippen LogP contribution in [-0.2, 0) is 11.2 Å². The lowest BCUT2D eigenvalue weighted by molar-refractivity contribution is 0.0163. The number of ketones is 1. The van der Waals surface area contributed by atoms with Gasteiger partial charge < -0.3 is 14.6 Å². The number of rotatable bonds is 2. The van der Waals surface area contributed by atoms with Gasteiger partial charge in [-0.1, -0.05) is 61.4 Å². The number of ether oxygens (including phenoxy) is 2. The molecule has 2 aliphatic heterocycles. The Morgan fingerprint density at radius 3 is 1.68 bits per heavy atom. The monoisotopic (exact) mass is 846 g/mol. The van der Waals surface area contributed by atoms with Gasteiger partial charge in [-0.05, 0) is 97.9 Å². The molecule has 2 fully saturated rings. The summed E-state index contributed by atoms with van der Waals surface area (Å²) in [6, 6.07) is 26.6.